The molecule has 0 radical (unpaired) electrons. The fraction of sp³-hybridized carbons (Fsp3) is 0.571. The number of hydrazine groups is 1. The van der Waals surface area contributed by atoms with E-state index in [9.17, 15) is 0 Å². The summed E-state index contributed by atoms with van der Waals surface area (Å²) in [5, 5.41) is 0. The van der Waals surface area contributed by atoms with Crippen LogP contribution in [0, 0.1) is 5.41 Å². The third-order valence-corrected chi connectivity index (χ3v) is 3.39. The lowest BCUT2D eigenvalue weighted by Gasteiger charge is -2.34. The number of para-hydroxylation sites is 1. The van der Waals surface area contributed by atoms with Crippen molar-refractivity contribution in [1.82, 2.24) is 5.43 Å². The Morgan fingerprint density at radius 1 is 1.29 bits per heavy atom. The second kappa shape index (κ2) is 6.03. The molecule has 0 amide bonds. The predicted molar refractivity (Wildman–Crippen MR) is 71.7 cm³/mol. The molecule has 96 valence electrons. The van der Waals surface area contributed by atoms with Crippen molar-refractivity contribution in [3.05, 3.63) is 29.8 Å². The molecule has 0 aliphatic heterocycles. The minimum Gasteiger partial charge on any atom is -0.494 e. The van der Waals surface area contributed by atoms with Crippen LogP contribution >= 0.6 is 0 Å². The number of nitrogens with one attached hydrogen (secondary N) is 1. The quantitative estimate of drug-likeness (QED) is 0.589. The van der Waals surface area contributed by atoms with Crippen LogP contribution in [-0.2, 0) is 0 Å². The number of rotatable bonds is 6. The minimum absolute atomic E-state index is 0.0853. The van der Waals surface area contributed by atoms with Crippen LogP contribution in [-0.4, -0.2) is 6.61 Å². The molecule has 1 aromatic rings. The highest BCUT2D eigenvalue weighted by Crippen LogP contribution is 2.39. The largest absolute Gasteiger partial charge is 0.494 e. The zero-order chi connectivity index (χ0) is 12.9. The number of ether oxygens (including phenoxy) is 1. The highest BCUT2D eigenvalue weighted by molar-refractivity contribution is 5.36. The Balaban J connectivity index is 3.11. The molecule has 3 N–H and O–H groups in total. The highest BCUT2D eigenvalue weighted by atomic mass is 16.5. The molecule has 0 heterocycles. The second-order valence-electron chi connectivity index (χ2n) is 4.91. The molecule has 1 aromatic carbocycles. The SMILES string of the molecule is CCOc1ccccc1C(NN)C(C)(C)CC. The van der Waals surface area contributed by atoms with E-state index in [0.29, 0.717) is 6.61 Å². The normalized spacial score (nSPS) is 13.5. The van der Waals surface area contributed by atoms with E-state index in [4.69, 9.17) is 10.6 Å². The molecular formula is C14H24N2O. The van der Waals surface area contributed by atoms with Crippen LogP contribution in [0.5, 0.6) is 5.75 Å². The standard InChI is InChI=1S/C14H24N2O/c1-5-14(3,4)13(16-15)11-9-7-8-10-12(11)17-6-2/h7-10,13,16H,5-6,15H2,1-4H3. The Bertz CT molecular complexity index is 350. The van der Waals surface area contributed by atoms with Gasteiger partial charge in [-0.15, -0.1) is 0 Å². The van der Waals surface area contributed by atoms with Crippen LogP contribution in [0.4, 0.5) is 0 Å². The van der Waals surface area contributed by atoms with Gasteiger partial charge >= 0.3 is 0 Å². The molecule has 0 aliphatic rings. The lowest BCUT2D eigenvalue weighted by atomic mass is 9.78. The summed E-state index contributed by atoms with van der Waals surface area (Å²) >= 11 is 0. The average Bonchev–Trinajstić information content (AvgIpc) is 2.32. The molecule has 0 saturated carbocycles. The van der Waals surface area contributed by atoms with E-state index in [-0.39, 0.29) is 11.5 Å². The van der Waals surface area contributed by atoms with E-state index >= 15 is 0 Å². The van der Waals surface area contributed by atoms with Gasteiger partial charge in [-0.25, -0.2) is 0 Å². The van der Waals surface area contributed by atoms with Gasteiger partial charge in [0, 0.05) is 5.56 Å². The summed E-state index contributed by atoms with van der Waals surface area (Å²) in [4.78, 5) is 0. The summed E-state index contributed by atoms with van der Waals surface area (Å²) in [5.41, 5.74) is 4.14. The maximum Gasteiger partial charge on any atom is 0.124 e. The smallest absolute Gasteiger partial charge is 0.124 e. The van der Waals surface area contributed by atoms with Gasteiger partial charge in [-0.1, -0.05) is 39.0 Å². The highest BCUT2D eigenvalue weighted by Gasteiger charge is 2.30. The molecule has 17 heavy (non-hydrogen) atoms. The van der Waals surface area contributed by atoms with Crippen LogP contribution in [0.3, 0.4) is 0 Å². The molecule has 0 spiro atoms. The average molecular weight is 236 g/mol. The summed E-state index contributed by atoms with van der Waals surface area (Å²) < 4.78 is 5.66. The molecule has 1 atom stereocenters. The first kappa shape index (κ1) is 14.0. The van der Waals surface area contributed by atoms with E-state index < -0.39 is 0 Å². The van der Waals surface area contributed by atoms with Crippen LogP contribution in [0.25, 0.3) is 0 Å². The zero-order valence-corrected chi connectivity index (χ0v) is 11.3. The molecular weight excluding hydrogens is 212 g/mol. The van der Waals surface area contributed by atoms with Crippen LogP contribution in [0.15, 0.2) is 24.3 Å². The van der Waals surface area contributed by atoms with Gasteiger partial charge in [-0.05, 0) is 24.8 Å². The molecule has 3 heteroatoms. The van der Waals surface area contributed by atoms with Crippen molar-refractivity contribution in [3.8, 4) is 5.75 Å². The van der Waals surface area contributed by atoms with Gasteiger partial charge in [0.1, 0.15) is 5.75 Å². The van der Waals surface area contributed by atoms with Gasteiger partial charge in [0.05, 0.1) is 12.6 Å². The lowest BCUT2D eigenvalue weighted by molar-refractivity contribution is 0.227. The van der Waals surface area contributed by atoms with Gasteiger partial charge in [0.15, 0.2) is 0 Å². The number of hydrogen-bond acceptors (Lipinski definition) is 3. The third kappa shape index (κ3) is 3.20. The Morgan fingerprint density at radius 2 is 1.94 bits per heavy atom. The summed E-state index contributed by atoms with van der Waals surface area (Å²) in [6, 6.07) is 8.17. The van der Waals surface area contributed by atoms with Gasteiger partial charge in [0.2, 0.25) is 0 Å². The predicted octanol–water partition coefficient (Wildman–Crippen LogP) is 3.03. The van der Waals surface area contributed by atoms with E-state index in [2.05, 4.69) is 32.3 Å². The van der Waals surface area contributed by atoms with Crippen LogP contribution in [0.1, 0.15) is 45.7 Å². The molecule has 0 bridgehead atoms. The molecule has 0 saturated heterocycles. The fourth-order valence-corrected chi connectivity index (χ4v) is 1.95. The van der Waals surface area contributed by atoms with Crippen molar-refractivity contribution >= 4 is 0 Å². The first-order valence-electron chi connectivity index (χ1n) is 6.24. The second-order valence-corrected chi connectivity index (χ2v) is 4.91. The molecule has 1 rings (SSSR count). The Morgan fingerprint density at radius 3 is 2.47 bits per heavy atom. The van der Waals surface area contributed by atoms with Gasteiger partial charge in [-0.3, -0.25) is 11.3 Å². The molecule has 3 nitrogen and oxygen atoms in total. The molecule has 0 fully saturated rings. The minimum atomic E-state index is 0.0853. The number of hydrogen-bond donors (Lipinski definition) is 2. The third-order valence-electron chi connectivity index (χ3n) is 3.39. The summed E-state index contributed by atoms with van der Waals surface area (Å²) in [6.45, 7) is 9.25. The van der Waals surface area contributed by atoms with E-state index in [1.165, 1.54) is 0 Å². The topological polar surface area (TPSA) is 47.3 Å². The van der Waals surface area contributed by atoms with Gasteiger partial charge in [-0.2, -0.15) is 0 Å². The van der Waals surface area contributed by atoms with Crippen LogP contribution in [0.2, 0.25) is 0 Å². The maximum absolute atomic E-state index is 5.73. The lowest BCUT2D eigenvalue weighted by Crippen LogP contribution is -2.38. The summed E-state index contributed by atoms with van der Waals surface area (Å²) in [7, 11) is 0. The molecule has 1 unspecified atom stereocenters. The summed E-state index contributed by atoms with van der Waals surface area (Å²) in [6.07, 6.45) is 1.04. The number of nitrogens with two attached hydrogens (primary N) is 1. The Kier molecular flexibility index (Phi) is 4.97. The Hall–Kier alpha value is -1.06. The van der Waals surface area contributed by atoms with Crippen molar-refractivity contribution in [2.45, 2.75) is 40.2 Å². The Labute approximate surface area is 104 Å². The van der Waals surface area contributed by atoms with E-state index in [1.807, 2.05) is 25.1 Å². The molecule has 0 aliphatic carbocycles. The van der Waals surface area contributed by atoms with Crippen LogP contribution < -0.4 is 16.0 Å². The molecule has 0 aromatic heterocycles. The number of benzene rings is 1. The van der Waals surface area contributed by atoms with E-state index in [1.54, 1.807) is 0 Å². The summed E-state index contributed by atoms with van der Waals surface area (Å²) in [5.74, 6) is 6.64. The van der Waals surface area contributed by atoms with Crippen molar-refractivity contribution < 1.29 is 4.74 Å². The zero-order valence-electron chi connectivity index (χ0n) is 11.3. The van der Waals surface area contributed by atoms with Crippen molar-refractivity contribution in [3.63, 3.8) is 0 Å². The van der Waals surface area contributed by atoms with Crippen molar-refractivity contribution in [2.75, 3.05) is 6.61 Å². The van der Waals surface area contributed by atoms with Crippen molar-refractivity contribution in [2.24, 2.45) is 11.3 Å². The van der Waals surface area contributed by atoms with Crippen molar-refractivity contribution in [1.29, 1.82) is 0 Å². The van der Waals surface area contributed by atoms with E-state index in [0.717, 1.165) is 17.7 Å². The van der Waals surface area contributed by atoms with Gasteiger partial charge in [0.25, 0.3) is 0 Å². The van der Waals surface area contributed by atoms with Gasteiger partial charge < -0.3 is 4.74 Å². The maximum atomic E-state index is 5.73. The fourth-order valence-electron chi connectivity index (χ4n) is 1.95. The first-order chi connectivity index (χ1) is 8.06. The first-order valence-corrected chi connectivity index (χ1v) is 6.24. The monoisotopic (exact) mass is 236 g/mol.